The molecule has 13 heteroatoms. The molecule has 9 unspecified atom stereocenters. The monoisotopic (exact) mass is 927 g/mol. The maximum absolute atomic E-state index is 14.2. The summed E-state index contributed by atoms with van der Waals surface area (Å²) in [5.74, 6) is -0.880. The van der Waals surface area contributed by atoms with E-state index in [0.29, 0.717) is 30.6 Å². The number of aryl methyl sites for hydroxylation is 1. The Balaban J connectivity index is 1.13. The Morgan fingerprint density at radius 1 is 0.908 bits per heavy atom. The smallest absolute Gasteiger partial charge is 0.338 e. The lowest BCUT2D eigenvalue weighted by Crippen LogP contribution is -2.62. The molecular weight excluding hydrogens is 845 g/mol. The Kier molecular flexibility index (Phi) is 14.9. The highest BCUT2D eigenvalue weighted by molar-refractivity contribution is 6.74. The van der Waals surface area contributed by atoms with E-state index >= 15 is 0 Å². The summed E-state index contributed by atoms with van der Waals surface area (Å²) in [6.45, 7) is 25.7. The number of aliphatic hydroxyl groups excluding tert-OH is 3. The second-order valence-corrected chi connectivity index (χ2v) is 28.2. The quantitative estimate of drug-likeness (QED) is 0.0854. The van der Waals surface area contributed by atoms with E-state index < -0.39 is 86.3 Å². The number of Topliss-reactive ketones (excluding diaryl/α,β-unsaturated/α-hetero) is 1. The zero-order valence-corrected chi connectivity index (χ0v) is 42.4. The van der Waals surface area contributed by atoms with Crippen molar-refractivity contribution in [3.63, 3.8) is 0 Å². The summed E-state index contributed by atoms with van der Waals surface area (Å²) < 4.78 is 38.3. The van der Waals surface area contributed by atoms with Gasteiger partial charge in [-0.3, -0.25) is 4.79 Å². The fourth-order valence-electron chi connectivity index (χ4n) is 12.7. The van der Waals surface area contributed by atoms with Gasteiger partial charge in [0.25, 0.3) is 0 Å². The van der Waals surface area contributed by atoms with Crippen molar-refractivity contribution in [2.45, 2.75) is 206 Å². The maximum atomic E-state index is 14.2. The highest BCUT2D eigenvalue weighted by atomic mass is 28.4. The summed E-state index contributed by atoms with van der Waals surface area (Å²) in [6.07, 6.45) is 0.714. The van der Waals surface area contributed by atoms with Crippen LogP contribution in [0.2, 0.25) is 18.1 Å². The van der Waals surface area contributed by atoms with Crippen LogP contribution in [0.5, 0.6) is 0 Å². The summed E-state index contributed by atoms with van der Waals surface area (Å²) >= 11 is 0. The van der Waals surface area contributed by atoms with Gasteiger partial charge in [0.1, 0.15) is 29.7 Å². The fraction of sp³-hybridized carbons (Fsp3) is 0.808. The van der Waals surface area contributed by atoms with Crippen molar-refractivity contribution in [1.29, 1.82) is 0 Å². The van der Waals surface area contributed by atoms with Gasteiger partial charge in [-0.1, -0.05) is 91.7 Å². The van der Waals surface area contributed by atoms with E-state index in [1.807, 2.05) is 20.8 Å². The van der Waals surface area contributed by atoms with Crippen LogP contribution in [0.1, 0.15) is 136 Å². The van der Waals surface area contributed by atoms with Gasteiger partial charge in [0, 0.05) is 29.8 Å². The summed E-state index contributed by atoms with van der Waals surface area (Å²) in [5.41, 5.74) is 0.651. The minimum Gasteiger partial charge on any atom is -0.450 e. The Morgan fingerprint density at radius 3 is 2.23 bits per heavy atom. The molecule has 2 saturated heterocycles. The van der Waals surface area contributed by atoms with Gasteiger partial charge in [0.05, 0.1) is 31.0 Å². The van der Waals surface area contributed by atoms with Crippen LogP contribution in [0.3, 0.4) is 0 Å². The standard InChI is InChI=1S/C52H82O12Si/c1-29(2)13-20-39(53)32(5)52(58)42(26-38-36-19-18-34-25-35(64-65(11,12)49(6,7)8)21-23-50(34,9)37(36)22-24-51(38,52)10)61-47-31(4)44(41(55)28-59-47)63-48-45(43(56)40(54)27-60-48)62-46(57)33-16-14-30(3)15-17-33/h14-18,29,31-32,35-38,40-45,47-48,54-56,58H,13,19-28H2,1-12H3/t31?,32-,35+,36-,37?,38+,40?,41?,42+,43?,44?,45?,47?,48?,50+,51+,52-/m1/s1. The van der Waals surface area contributed by atoms with Gasteiger partial charge in [0.15, 0.2) is 27.0 Å². The molecule has 2 heterocycles. The lowest BCUT2D eigenvalue weighted by molar-refractivity contribution is -0.333. The number of esters is 1. The first-order valence-corrected chi connectivity index (χ1v) is 27.7. The van der Waals surface area contributed by atoms with Crippen molar-refractivity contribution >= 4 is 20.1 Å². The van der Waals surface area contributed by atoms with E-state index in [-0.39, 0.29) is 47.0 Å². The normalized spacial score (nSPS) is 41.5. The molecule has 0 radical (unpaired) electrons. The third-order valence-corrected chi connectivity index (χ3v) is 22.5. The largest absolute Gasteiger partial charge is 0.450 e. The van der Waals surface area contributed by atoms with Crippen molar-refractivity contribution in [1.82, 2.24) is 0 Å². The van der Waals surface area contributed by atoms with Crippen molar-refractivity contribution in [3.8, 4) is 0 Å². The van der Waals surface area contributed by atoms with E-state index in [4.69, 9.17) is 28.1 Å². The van der Waals surface area contributed by atoms with E-state index in [2.05, 4.69) is 67.6 Å². The lowest BCUT2D eigenvalue weighted by atomic mass is 9.46. The first-order valence-electron chi connectivity index (χ1n) is 24.8. The zero-order valence-electron chi connectivity index (χ0n) is 41.4. The molecule has 5 fully saturated rings. The number of ether oxygens (including phenoxy) is 5. The van der Waals surface area contributed by atoms with Crippen molar-refractivity contribution in [2.75, 3.05) is 13.2 Å². The van der Waals surface area contributed by atoms with Crippen LogP contribution in [-0.4, -0.2) is 115 Å². The molecular formula is C52H82O12Si. The third-order valence-electron chi connectivity index (χ3n) is 18.0. The second-order valence-electron chi connectivity index (χ2n) is 23.5. The van der Waals surface area contributed by atoms with Crippen LogP contribution >= 0.6 is 0 Å². The maximum Gasteiger partial charge on any atom is 0.338 e. The Hall–Kier alpha value is -2.04. The zero-order chi connectivity index (χ0) is 47.6. The Bertz CT molecular complexity index is 1880. The Labute approximate surface area is 389 Å². The number of carbonyl (C=O) groups is 2. The van der Waals surface area contributed by atoms with Gasteiger partial charge in [0.2, 0.25) is 0 Å². The molecule has 1 aromatic carbocycles. The minimum absolute atomic E-state index is 0.0339. The molecule has 0 bridgehead atoms. The summed E-state index contributed by atoms with van der Waals surface area (Å²) in [4.78, 5) is 27.5. The molecule has 4 N–H and O–H groups in total. The number of aliphatic hydroxyl groups is 4. The predicted octanol–water partition coefficient (Wildman–Crippen LogP) is 8.06. The summed E-state index contributed by atoms with van der Waals surface area (Å²) in [5, 5.41) is 46.7. The van der Waals surface area contributed by atoms with E-state index in [9.17, 15) is 30.0 Å². The molecule has 366 valence electrons. The number of allylic oxidation sites excluding steroid dienone is 1. The molecule has 3 saturated carbocycles. The van der Waals surface area contributed by atoms with Gasteiger partial charge in [-0.15, -0.1) is 0 Å². The number of carbonyl (C=O) groups excluding carboxylic acids is 2. The topological polar surface area (TPSA) is 170 Å². The molecule has 7 rings (SSSR count). The van der Waals surface area contributed by atoms with Crippen LogP contribution < -0.4 is 0 Å². The molecule has 0 spiro atoms. The van der Waals surface area contributed by atoms with Crippen molar-refractivity contribution < 1.29 is 58.1 Å². The van der Waals surface area contributed by atoms with Crippen LogP contribution in [0, 0.1) is 53.3 Å². The third kappa shape index (κ3) is 9.52. The van der Waals surface area contributed by atoms with Gasteiger partial charge < -0.3 is 48.5 Å². The number of hydrogen-bond acceptors (Lipinski definition) is 12. The van der Waals surface area contributed by atoms with Gasteiger partial charge in [-0.2, -0.15) is 0 Å². The lowest BCUT2D eigenvalue weighted by Gasteiger charge is -2.60. The molecule has 12 nitrogen and oxygen atoms in total. The highest BCUT2D eigenvalue weighted by Crippen LogP contribution is 2.69. The number of fused-ring (bicyclic) bond motifs is 5. The van der Waals surface area contributed by atoms with E-state index in [0.717, 1.165) is 50.5 Å². The van der Waals surface area contributed by atoms with Gasteiger partial charge >= 0.3 is 5.97 Å². The molecule has 4 aliphatic carbocycles. The van der Waals surface area contributed by atoms with Crippen molar-refractivity contribution in [3.05, 3.63) is 47.0 Å². The molecule has 0 amide bonds. The van der Waals surface area contributed by atoms with Crippen LogP contribution in [0.25, 0.3) is 0 Å². The SMILES string of the molecule is Cc1ccc(C(=O)OC2C(OC3C(O)COC(O[C@H]4C[C@H]5[C@@H]6CC=C7C[C@@H](O[Si](C)(C)C(C)(C)C)CC[C@]7(C)C6CC[C@]5(C)[C@@]4(O)[C@H](C)C(=O)CCC(C)C)C3C)OCC(O)C2O)cc1. The summed E-state index contributed by atoms with van der Waals surface area (Å²) in [7, 11) is -1.93. The van der Waals surface area contributed by atoms with Gasteiger partial charge in [-0.25, -0.2) is 4.79 Å². The van der Waals surface area contributed by atoms with Crippen LogP contribution in [0.4, 0.5) is 0 Å². The van der Waals surface area contributed by atoms with Gasteiger partial charge in [-0.05, 0) is 118 Å². The molecule has 0 aromatic heterocycles. The first kappa shape index (κ1) is 50.8. The molecule has 2 aliphatic heterocycles. The number of benzene rings is 1. The number of rotatable bonds is 13. The predicted molar refractivity (Wildman–Crippen MR) is 249 cm³/mol. The first-order chi connectivity index (χ1) is 30.3. The van der Waals surface area contributed by atoms with Crippen LogP contribution in [0.15, 0.2) is 35.9 Å². The molecule has 65 heavy (non-hydrogen) atoms. The fourth-order valence-corrected chi connectivity index (χ4v) is 14.1. The molecule has 6 aliphatic rings. The molecule has 1 aromatic rings. The molecule has 17 atom stereocenters. The number of hydrogen-bond donors (Lipinski definition) is 4. The second kappa shape index (κ2) is 19.0. The van der Waals surface area contributed by atoms with E-state index in [1.165, 1.54) is 5.57 Å². The number of ketones is 1. The average molecular weight is 927 g/mol. The van der Waals surface area contributed by atoms with E-state index in [1.54, 1.807) is 24.3 Å². The minimum atomic E-state index is -1.93. The van der Waals surface area contributed by atoms with Crippen LogP contribution in [-0.2, 0) is 32.9 Å². The summed E-state index contributed by atoms with van der Waals surface area (Å²) in [6, 6.07) is 6.78. The highest BCUT2D eigenvalue weighted by Gasteiger charge is 2.70. The van der Waals surface area contributed by atoms with Crippen molar-refractivity contribution in [2.24, 2.45) is 46.3 Å². The average Bonchev–Trinajstić information content (AvgIpc) is 3.47. The Morgan fingerprint density at radius 2 is 1.57 bits per heavy atom.